The van der Waals surface area contributed by atoms with Crippen LogP contribution < -0.4 is 10.0 Å². The number of anilines is 1. The lowest BCUT2D eigenvalue weighted by molar-refractivity contribution is -0.119. The Labute approximate surface area is 175 Å². The Kier molecular flexibility index (Phi) is 6.31. The zero-order chi connectivity index (χ0) is 21.7. The first-order valence-electron chi connectivity index (χ1n) is 9.33. The standard InChI is InChI=1S/C21H22N4O4S/c1-3-19(26)24-30(28,29)18-10-9-15(2)16(13-18)14-25-12-11-22-20(25)21(27)23-17-7-5-4-6-8-17/h4-13H,3,14H2,1-2H3,(H,23,27)(H,24,26). The molecule has 0 fully saturated rings. The van der Waals surface area contributed by atoms with Crippen molar-refractivity contribution in [3.8, 4) is 0 Å². The molecule has 9 heteroatoms. The van der Waals surface area contributed by atoms with Crippen molar-refractivity contribution in [3.05, 3.63) is 77.9 Å². The lowest BCUT2D eigenvalue weighted by Crippen LogP contribution is -2.30. The van der Waals surface area contributed by atoms with Crippen LogP contribution in [0.4, 0.5) is 5.69 Å². The third-order valence-corrected chi connectivity index (χ3v) is 5.86. The molecule has 0 aliphatic rings. The summed E-state index contributed by atoms with van der Waals surface area (Å²) in [5, 5.41) is 2.78. The first kappa shape index (κ1) is 21.3. The number of nitrogens with one attached hydrogen (secondary N) is 2. The van der Waals surface area contributed by atoms with Crippen LogP contribution in [0.15, 0.2) is 65.8 Å². The zero-order valence-electron chi connectivity index (χ0n) is 16.6. The highest BCUT2D eigenvalue weighted by Gasteiger charge is 2.19. The molecule has 2 N–H and O–H groups in total. The number of amides is 2. The van der Waals surface area contributed by atoms with E-state index >= 15 is 0 Å². The first-order valence-corrected chi connectivity index (χ1v) is 10.8. The fourth-order valence-electron chi connectivity index (χ4n) is 2.80. The second-order valence-electron chi connectivity index (χ2n) is 6.67. The van der Waals surface area contributed by atoms with Gasteiger partial charge >= 0.3 is 0 Å². The summed E-state index contributed by atoms with van der Waals surface area (Å²) < 4.78 is 28.5. The molecule has 0 saturated heterocycles. The highest BCUT2D eigenvalue weighted by molar-refractivity contribution is 7.90. The van der Waals surface area contributed by atoms with Crippen molar-refractivity contribution in [2.45, 2.75) is 31.7 Å². The third kappa shape index (κ3) is 4.93. The number of imidazole rings is 1. The van der Waals surface area contributed by atoms with Gasteiger partial charge in [0.25, 0.3) is 15.9 Å². The third-order valence-electron chi connectivity index (χ3n) is 4.49. The number of sulfonamides is 1. The van der Waals surface area contributed by atoms with Crippen molar-refractivity contribution in [2.24, 2.45) is 0 Å². The Morgan fingerprint density at radius 3 is 2.53 bits per heavy atom. The highest BCUT2D eigenvalue weighted by Crippen LogP contribution is 2.18. The molecule has 1 heterocycles. The maximum absolute atomic E-state index is 12.6. The van der Waals surface area contributed by atoms with Crippen LogP contribution in [0.5, 0.6) is 0 Å². The number of benzene rings is 2. The van der Waals surface area contributed by atoms with Gasteiger partial charge in [0.05, 0.1) is 4.90 Å². The zero-order valence-corrected chi connectivity index (χ0v) is 17.4. The topological polar surface area (TPSA) is 110 Å². The normalized spacial score (nSPS) is 11.1. The summed E-state index contributed by atoms with van der Waals surface area (Å²) in [4.78, 5) is 28.3. The Hall–Kier alpha value is -3.46. The molecule has 8 nitrogen and oxygen atoms in total. The van der Waals surface area contributed by atoms with Gasteiger partial charge in [-0.3, -0.25) is 9.59 Å². The number of rotatable bonds is 7. The van der Waals surface area contributed by atoms with E-state index in [2.05, 4.69) is 10.3 Å². The molecule has 3 aromatic rings. The van der Waals surface area contributed by atoms with E-state index in [9.17, 15) is 18.0 Å². The average Bonchev–Trinajstić information content (AvgIpc) is 3.18. The largest absolute Gasteiger partial charge is 0.322 e. The van der Waals surface area contributed by atoms with Gasteiger partial charge in [0.2, 0.25) is 5.91 Å². The number of carbonyl (C=O) groups is 2. The smallest absolute Gasteiger partial charge is 0.291 e. The van der Waals surface area contributed by atoms with E-state index in [-0.39, 0.29) is 29.6 Å². The predicted molar refractivity (Wildman–Crippen MR) is 113 cm³/mol. The number of para-hydroxylation sites is 1. The summed E-state index contributed by atoms with van der Waals surface area (Å²) in [6.45, 7) is 3.66. The lowest BCUT2D eigenvalue weighted by atomic mass is 10.1. The monoisotopic (exact) mass is 426 g/mol. The van der Waals surface area contributed by atoms with Crippen LogP contribution in [-0.4, -0.2) is 29.8 Å². The molecule has 156 valence electrons. The molecule has 1 aromatic heterocycles. The highest BCUT2D eigenvalue weighted by atomic mass is 32.2. The van der Waals surface area contributed by atoms with Crippen molar-refractivity contribution >= 4 is 27.5 Å². The Morgan fingerprint density at radius 2 is 1.83 bits per heavy atom. The Balaban J connectivity index is 1.85. The summed E-state index contributed by atoms with van der Waals surface area (Å²) >= 11 is 0. The molecule has 0 saturated carbocycles. The molecule has 0 spiro atoms. The SMILES string of the molecule is CCC(=O)NS(=O)(=O)c1ccc(C)c(Cn2ccnc2C(=O)Nc2ccccc2)c1. The molecule has 0 aliphatic carbocycles. The quantitative estimate of drug-likeness (QED) is 0.604. The van der Waals surface area contributed by atoms with Crippen molar-refractivity contribution < 1.29 is 18.0 Å². The van der Waals surface area contributed by atoms with E-state index in [1.807, 2.05) is 29.8 Å². The maximum atomic E-state index is 12.6. The summed E-state index contributed by atoms with van der Waals surface area (Å²) in [5.74, 6) is -0.750. The van der Waals surface area contributed by atoms with E-state index in [4.69, 9.17) is 0 Å². The van der Waals surface area contributed by atoms with Crippen LogP contribution in [0.3, 0.4) is 0 Å². The molecule has 0 atom stereocenters. The van der Waals surface area contributed by atoms with Crippen LogP contribution in [0.25, 0.3) is 0 Å². The molecule has 3 rings (SSSR count). The van der Waals surface area contributed by atoms with Crippen LogP contribution in [0.1, 0.15) is 35.1 Å². The number of aryl methyl sites for hydroxylation is 1. The van der Waals surface area contributed by atoms with Crippen molar-refractivity contribution in [2.75, 3.05) is 5.32 Å². The van der Waals surface area contributed by atoms with Gasteiger partial charge in [-0.15, -0.1) is 0 Å². The summed E-state index contributed by atoms with van der Waals surface area (Å²) in [6.07, 6.45) is 3.23. The molecule has 0 bridgehead atoms. The van der Waals surface area contributed by atoms with Crippen LogP contribution in [0, 0.1) is 6.92 Å². The number of aromatic nitrogens is 2. The van der Waals surface area contributed by atoms with Gasteiger partial charge in [-0.05, 0) is 42.3 Å². The minimum absolute atomic E-state index is 0.0136. The number of hydrogen-bond acceptors (Lipinski definition) is 5. The summed E-state index contributed by atoms with van der Waals surface area (Å²) in [6, 6.07) is 13.6. The minimum atomic E-state index is -3.96. The molecule has 0 unspecified atom stereocenters. The fourth-order valence-corrected chi connectivity index (χ4v) is 3.91. The summed E-state index contributed by atoms with van der Waals surface area (Å²) in [5.41, 5.74) is 2.18. The van der Waals surface area contributed by atoms with E-state index in [1.54, 1.807) is 35.9 Å². The molecule has 0 radical (unpaired) electrons. The molecule has 2 aromatic carbocycles. The molecular weight excluding hydrogens is 404 g/mol. The van der Waals surface area contributed by atoms with Crippen molar-refractivity contribution in [1.82, 2.24) is 14.3 Å². The average molecular weight is 426 g/mol. The summed E-state index contributed by atoms with van der Waals surface area (Å²) in [7, 11) is -3.96. The molecule has 30 heavy (non-hydrogen) atoms. The maximum Gasteiger partial charge on any atom is 0.291 e. The van der Waals surface area contributed by atoms with Gasteiger partial charge in [0, 0.05) is 31.0 Å². The lowest BCUT2D eigenvalue weighted by Gasteiger charge is -2.13. The van der Waals surface area contributed by atoms with Crippen molar-refractivity contribution in [1.29, 1.82) is 0 Å². The number of carbonyl (C=O) groups excluding carboxylic acids is 2. The van der Waals surface area contributed by atoms with E-state index in [1.165, 1.54) is 18.3 Å². The van der Waals surface area contributed by atoms with Gasteiger partial charge < -0.3 is 9.88 Å². The van der Waals surface area contributed by atoms with Gasteiger partial charge in [0.15, 0.2) is 5.82 Å². The Morgan fingerprint density at radius 1 is 1.10 bits per heavy atom. The van der Waals surface area contributed by atoms with Crippen LogP contribution >= 0.6 is 0 Å². The van der Waals surface area contributed by atoms with Gasteiger partial charge in [-0.1, -0.05) is 31.2 Å². The van der Waals surface area contributed by atoms with Crippen molar-refractivity contribution in [3.63, 3.8) is 0 Å². The Bertz CT molecular complexity index is 1170. The molecule has 2 amide bonds. The first-order chi connectivity index (χ1) is 14.3. The van der Waals surface area contributed by atoms with Gasteiger partial charge in [-0.25, -0.2) is 18.1 Å². The fraction of sp³-hybridized carbons (Fsp3) is 0.190. The van der Waals surface area contributed by atoms with E-state index < -0.39 is 15.9 Å². The van der Waals surface area contributed by atoms with Crippen LogP contribution in [0.2, 0.25) is 0 Å². The second kappa shape index (κ2) is 8.91. The minimum Gasteiger partial charge on any atom is -0.322 e. The molecular formula is C21H22N4O4S. The van der Waals surface area contributed by atoms with Gasteiger partial charge in [0.1, 0.15) is 0 Å². The molecule has 0 aliphatic heterocycles. The van der Waals surface area contributed by atoms with Crippen LogP contribution in [-0.2, 0) is 21.4 Å². The number of hydrogen-bond donors (Lipinski definition) is 2. The van der Waals surface area contributed by atoms with E-state index in [0.29, 0.717) is 11.3 Å². The van der Waals surface area contributed by atoms with Gasteiger partial charge in [-0.2, -0.15) is 0 Å². The van der Waals surface area contributed by atoms with E-state index in [0.717, 1.165) is 5.56 Å². The second-order valence-corrected chi connectivity index (χ2v) is 8.35. The number of nitrogens with zero attached hydrogens (tertiary/aromatic N) is 2. The predicted octanol–water partition coefficient (Wildman–Crippen LogP) is 2.71.